The highest BCUT2D eigenvalue weighted by atomic mass is 35.7. The van der Waals surface area contributed by atoms with Crippen LogP contribution in [0.4, 0.5) is 0 Å². The fourth-order valence-corrected chi connectivity index (χ4v) is 0. The van der Waals surface area contributed by atoms with Crippen LogP contribution in [0.5, 0.6) is 0 Å². The molecule has 0 amide bonds. The third-order valence-electron chi connectivity index (χ3n) is 0. The first-order valence-corrected chi connectivity index (χ1v) is 10.5. The van der Waals surface area contributed by atoms with Crippen molar-refractivity contribution in [2.75, 3.05) is 0 Å². The van der Waals surface area contributed by atoms with E-state index in [4.69, 9.17) is 44.3 Å². The zero-order chi connectivity index (χ0) is 6.28. The Morgan fingerprint density at radius 1 is 1.29 bits per heavy atom. The average Bonchev–Trinajstić information content (AvgIpc) is 1.33. The van der Waals surface area contributed by atoms with Crippen LogP contribution in [-0.2, 0) is 0 Å². The van der Waals surface area contributed by atoms with Gasteiger partial charge >= 0.3 is 0 Å². The van der Waals surface area contributed by atoms with Crippen LogP contribution >= 0.6 is 44.3 Å². The second kappa shape index (κ2) is 10.6. The predicted molar refractivity (Wildman–Crippen MR) is 45.0 cm³/mol. The summed E-state index contributed by atoms with van der Waals surface area (Å²) in [6, 6.07) is 0. The molecular formula is CH6Cl4Si2. The molecule has 0 saturated carbocycles. The molecule has 0 aromatic heterocycles. The molecule has 0 heterocycles. The van der Waals surface area contributed by atoms with E-state index in [-0.39, 0.29) is 0 Å². The highest BCUT2D eigenvalue weighted by Gasteiger charge is 1.80. The normalized spacial score (nSPS) is 7.71. The zero-order valence-electron chi connectivity index (χ0n) is 3.80. The van der Waals surface area contributed by atoms with Crippen molar-refractivity contribution in [2.24, 2.45) is 0 Å². The quantitative estimate of drug-likeness (QED) is 0.427. The molecule has 0 saturated heterocycles. The lowest BCUT2D eigenvalue weighted by atomic mass is 11.9. The Hall–Kier alpha value is 1.59. The number of hydrogen-bond donors (Lipinski definition) is 0. The first kappa shape index (κ1) is 11.4. The van der Waals surface area contributed by atoms with Gasteiger partial charge in [0.25, 0.3) is 0 Å². The lowest BCUT2D eigenvalue weighted by Gasteiger charge is -1.68. The topological polar surface area (TPSA) is 0 Å². The van der Waals surface area contributed by atoms with Crippen LogP contribution in [0.3, 0.4) is 0 Å². The summed E-state index contributed by atoms with van der Waals surface area (Å²) < 4.78 is 0. The minimum atomic E-state index is -1.19. The van der Waals surface area contributed by atoms with Gasteiger partial charge in [0, 0.05) is 0 Å². The molecule has 0 rings (SSSR count). The van der Waals surface area contributed by atoms with E-state index in [1.54, 1.807) is 0 Å². The summed E-state index contributed by atoms with van der Waals surface area (Å²) in [4.78, 5) is 0. The molecule has 0 radical (unpaired) electrons. The van der Waals surface area contributed by atoms with Gasteiger partial charge in [-0.2, -0.15) is 44.3 Å². The molecule has 0 bridgehead atoms. The maximum atomic E-state index is 5.18. The molecule has 0 unspecified atom stereocenters. The predicted octanol–water partition coefficient (Wildman–Crippen LogP) is 1.78. The SMILES string of the molecule is C[SiH](Cl)Cl.Cl[SiH2]Cl. The molecule has 0 aliphatic heterocycles. The molecule has 6 heteroatoms. The lowest BCUT2D eigenvalue weighted by Crippen LogP contribution is -1.72. The van der Waals surface area contributed by atoms with Crippen molar-refractivity contribution >= 4 is 59.9 Å². The average molecular weight is 216 g/mol. The molecule has 0 N–H and O–H groups in total. The van der Waals surface area contributed by atoms with Crippen LogP contribution in [0, 0.1) is 0 Å². The van der Waals surface area contributed by atoms with Crippen molar-refractivity contribution < 1.29 is 0 Å². The van der Waals surface area contributed by atoms with Crippen LogP contribution in [0.25, 0.3) is 0 Å². The molecule has 0 fully saturated rings. The van der Waals surface area contributed by atoms with E-state index in [2.05, 4.69) is 0 Å². The first-order chi connectivity index (χ1) is 3.15. The van der Waals surface area contributed by atoms with E-state index in [1.165, 1.54) is 0 Å². The maximum absolute atomic E-state index is 5.18. The molecule has 0 aromatic carbocycles. The molecule has 46 valence electrons. The van der Waals surface area contributed by atoms with Crippen LogP contribution in [0.2, 0.25) is 6.55 Å². The van der Waals surface area contributed by atoms with Crippen molar-refractivity contribution in [2.45, 2.75) is 6.55 Å². The van der Waals surface area contributed by atoms with Gasteiger partial charge in [-0.25, -0.2) is 0 Å². The van der Waals surface area contributed by atoms with Crippen molar-refractivity contribution in [3.05, 3.63) is 0 Å². The summed E-state index contributed by atoms with van der Waals surface area (Å²) in [6.45, 7) is 1.84. The number of rotatable bonds is 0. The van der Waals surface area contributed by atoms with Crippen molar-refractivity contribution in [3.63, 3.8) is 0 Å². The summed E-state index contributed by atoms with van der Waals surface area (Å²) in [5.74, 6) is 0. The van der Waals surface area contributed by atoms with Gasteiger partial charge in [0.05, 0.1) is 0 Å². The number of hydrogen-bond acceptors (Lipinski definition) is 0. The minimum absolute atomic E-state index is 0.639. The third-order valence-corrected chi connectivity index (χ3v) is 0. The van der Waals surface area contributed by atoms with Crippen molar-refractivity contribution in [1.29, 1.82) is 0 Å². The highest BCUT2D eigenvalue weighted by molar-refractivity contribution is 7.33. The van der Waals surface area contributed by atoms with E-state index in [0.29, 0.717) is 0 Å². The van der Waals surface area contributed by atoms with Gasteiger partial charge in [-0.15, -0.1) is 0 Å². The van der Waals surface area contributed by atoms with Crippen LogP contribution in [0.1, 0.15) is 0 Å². The van der Waals surface area contributed by atoms with Crippen LogP contribution in [0.15, 0.2) is 0 Å². The fourth-order valence-electron chi connectivity index (χ4n) is 0. The maximum Gasteiger partial charge on any atom is 0.234 e. The van der Waals surface area contributed by atoms with Gasteiger partial charge in [-0.1, -0.05) is 0 Å². The fraction of sp³-hybridized carbons (Fsp3) is 1.00. The van der Waals surface area contributed by atoms with Crippen molar-refractivity contribution in [1.82, 2.24) is 0 Å². The van der Waals surface area contributed by atoms with Gasteiger partial charge in [-0.3, -0.25) is 0 Å². The molecular weight excluding hydrogens is 210 g/mol. The Morgan fingerprint density at radius 3 is 1.29 bits per heavy atom. The summed E-state index contributed by atoms with van der Waals surface area (Å²) in [6.07, 6.45) is 0. The summed E-state index contributed by atoms with van der Waals surface area (Å²) in [5, 5.41) is 0. The summed E-state index contributed by atoms with van der Waals surface area (Å²) in [5.41, 5.74) is 0. The Bertz CT molecular complexity index is 20.9. The van der Waals surface area contributed by atoms with E-state index in [9.17, 15) is 0 Å². The largest absolute Gasteiger partial charge is 0.234 e. The highest BCUT2D eigenvalue weighted by Crippen LogP contribution is 1.89. The smallest absolute Gasteiger partial charge is 0.155 e. The first-order valence-electron chi connectivity index (χ1n) is 1.55. The molecule has 0 atom stereocenters. The van der Waals surface area contributed by atoms with E-state index in [0.717, 1.165) is 0 Å². The molecule has 0 aliphatic carbocycles. The van der Waals surface area contributed by atoms with Gasteiger partial charge in [0.1, 0.15) is 0 Å². The van der Waals surface area contributed by atoms with Crippen LogP contribution < -0.4 is 0 Å². The second-order valence-corrected chi connectivity index (χ2v) is 8.88. The Morgan fingerprint density at radius 2 is 1.29 bits per heavy atom. The van der Waals surface area contributed by atoms with E-state index < -0.39 is 15.6 Å². The van der Waals surface area contributed by atoms with E-state index in [1.807, 2.05) is 6.55 Å². The molecule has 0 aromatic rings. The lowest BCUT2D eigenvalue weighted by molar-refractivity contribution is 2.34. The van der Waals surface area contributed by atoms with Gasteiger partial charge < -0.3 is 0 Å². The summed E-state index contributed by atoms with van der Waals surface area (Å²) >= 11 is 20.2. The third kappa shape index (κ3) is 93.5. The second-order valence-electron chi connectivity index (χ2n) is 0.620. The van der Waals surface area contributed by atoms with Gasteiger partial charge in [0.15, 0.2) is 0 Å². The number of halogens is 4. The summed E-state index contributed by atoms with van der Waals surface area (Å²) in [7, 11) is -1.83. The molecule has 7 heavy (non-hydrogen) atoms. The van der Waals surface area contributed by atoms with Gasteiger partial charge in [0.2, 0.25) is 15.6 Å². The molecule has 0 nitrogen and oxygen atoms in total. The van der Waals surface area contributed by atoms with Crippen molar-refractivity contribution in [3.8, 4) is 0 Å². The Kier molecular flexibility index (Phi) is 17.2. The van der Waals surface area contributed by atoms with Gasteiger partial charge in [-0.05, 0) is 6.55 Å². The van der Waals surface area contributed by atoms with Crippen LogP contribution in [-0.4, -0.2) is 15.6 Å². The zero-order valence-corrected chi connectivity index (χ0v) is 9.39. The minimum Gasteiger partial charge on any atom is -0.155 e. The monoisotopic (exact) mass is 214 g/mol. The Balaban J connectivity index is 0. The molecule has 0 aliphatic rings. The Labute approximate surface area is 66.3 Å². The van der Waals surface area contributed by atoms with E-state index >= 15 is 0 Å². The molecule has 0 spiro atoms. The standard InChI is InChI=1S/CH4Cl2Si.Cl2H2Si/c1-4(2)3;1-3-2/h4H,1H3;3H2.